The van der Waals surface area contributed by atoms with E-state index in [0.717, 1.165) is 0 Å². The van der Waals surface area contributed by atoms with Crippen molar-refractivity contribution in [1.29, 1.82) is 0 Å². The van der Waals surface area contributed by atoms with E-state index in [4.69, 9.17) is 5.73 Å². The van der Waals surface area contributed by atoms with Crippen LogP contribution in [0.4, 0.5) is 11.4 Å². The van der Waals surface area contributed by atoms with Crippen LogP contribution in [-0.2, 0) is 10.1 Å². The van der Waals surface area contributed by atoms with Crippen molar-refractivity contribution in [3.63, 3.8) is 0 Å². The maximum atomic E-state index is 12.4. The van der Waals surface area contributed by atoms with Crippen LogP contribution in [0.2, 0.25) is 0 Å². The van der Waals surface area contributed by atoms with Gasteiger partial charge < -0.3 is 16.2 Å². The topological polar surface area (TPSA) is 130 Å². The number of nitrogens with one attached hydrogen (secondary N) is 1. The van der Waals surface area contributed by atoms with E-state index in [0.29, 0.717) is 11.3 Å². The van der Waals surface area contributed by atoms with Crippen LogP contribution in [0.15, 0.2) is 59.5 Å². The molecule has 0 aliphatic rings. The Bertz CT molecular complexity index is 1080. The van der Waals surface area contributed by atoms with Crippen molar-refractivity contribution in [2.24, 2.45) is 0 Å². The van der Waals surface area contributed by atoms with E-state index in [1.807, 2.05) is 0 Å². The molecule has 0 bridgehead atoms. The molecule has 0 aliphatic carbocycles. The van der Waals surface area contributed by atoms with Gasteiger partial charge in [-0.15, -0.1) is 0 Å². The summed E-state index contributed by atoms with van der Waals surface area (Å²) in [5, 5.41) is 13.1. The Balaban J connectivity index is 2.11. The molecule has 3 aromatic carbocycles. The Morgan fingerprint density at radius 3 is 2.28 bits per heavy atom. The van der Waals surface area contributed by atoms with E-state index >= 15 is 0 Å². The smallest absolute Gasteiger partial charge is 0.295 e. The predicted molar refractivity (Wildman–Crippen MR) is 94.2 cm³/mol. The molecule has 0 unspecified atom stereocenters. The molecule has 0 atom stereocenters. The number of aromatic hydroxyl groups is 1. The van der Waals surface area contributed by atoms with Gasteiger partial charge in [-0.3, -0.25) is 9.35 Å². The number of carbonyl (C=O) groups is 1. The van der Waals surface area contributed by atoms with Crippen molar-refractivity contribution >= 4 is 38.2 Å². The van der Waals surface area contributed by atoms with Crippen LogP contribution >= 0.6 is 0 Å². The highest BCUT2D eigenvalue weighted by atomic mass is 32.2. The van der Waals surface area contributed by atoms with Crippen LogP contribution in [0.5, 0.6) is 5.75 Å². The van der Waals surface area contributed by atoms with E-state index in [-0.39, 0.29) is 27.1 Å². The molecule has 0 radical (unpaired) electrons. The Labute approximate surface area is 143 Å². The summed E-state index contributed by atoms with van der Waals surface area (Å²) < 4.78 is 32.4. The van der Waals surface area contributed by atoms with Crippen molar-refractivity contribution in [2.45, 2.75) is 4.90 Å². The Morgan fingerprint density at radius 1 is 0.960 bits per heavy atom. The number of anilines is 2. The van der Waals surface area contributed by atoms with Crippen molar-refractivity contribution in [1.82, 2.24) is 0 Å². The van der Waals surface area contributed by atoms with Crippen LogP contribution in [0.25, 0.3) is 10.8 Å². The number of hydrogen-bond acceptors (Lipinski definition) is 5. The zero-order valence-corrected chi connectivity index (χ0v) is 13.6. The molecular weight excluding hydrogens is 344 g/mol. The first-order valence-electron chi connectivity index (χ1n) is 7.16. The third kappa shape index (κ3) is 3.25. The number of phenols is 1. The Kier molecular flexibility index (Phi) is 4.07. The third-order valence-electron chi connectivity index (χ3n) is 3.69. The molecule has 1 amide bonds. The molecule has 0 heterocycles. The fourth-order valence-corrected chi connectivity index (χ4v) is 3.20. The second-order valence-electron chi connectivity index (χ2n) is 5.36. The first-order valence-corrected chi connectivity index (χ1v) is 8.60. The lowest BCUT2D eigenvalue weighted by Gasteiger charge is -2.12. The molecule has 7 nitrogen and oxygen atoms in total. The second-order valence-corrected chi connectivity index (χ2v) is 6.75. The summed E-state index contributed by atoms with van der Waals surface area (Å²) >= 11 is 0. The highest BCUT2D eigenvalue weighted by Gasteiger charge is 2.18. The van der Waals surface area contributed by atoms with Gasteiger partial charge >= 0.3 is 0 Å². The van der Waals surface area contributed by atoms with Gasteiger partial charge in [0.15, 0.2) is 0 Å². The lowest BCUT2D eigenvalue weighted by Crippen LogP contribution is -2.12. The molecule has 0 aromatic heterocycles. The van der Waals surface area contributed by atoms with Gasteiger partial charge in [0.1, 0.15) is 10.6 Å². The summed E-state index contributed by atoms with van der Waals surface area (Å²) in [6, 6.07) is 12.9. The molecule has 25 heavy (non-hydrogen) atoms. The van der Waals surface area contributed by atoms with Crippen molar-refractivity contribution < 1.29 is 22.9 Å². The molecule has 128 valence electrons. The minimum atomic E-state index is -4.45. The molecule has 3 rings (SSSR count). The number of nitrogen functional groups attached to an aromatic ring is 1. The minimum absolute atomic E-state index is 0.0461. The maximum Gasteiger partial charge on any atom is 0.295 e. The standard InChI is InChI=1S/C17H14N2O5S/c18-11-6-4-10(5-7-11)17(21)19-16-13-2-1-3-15(25(22,23)24)12(13)8-9-14(16)20/h1-9,20H,18H2,(H,19,21)(H,22,23,24). The normalized spacial score (nSPS) is 11.4. The summed E-state index contributed by atoms with van der Waals surface area (Å²) in [6.07, 6.45) is 0. The maximum absolute atomic E-state index is 12.4. The van der Waals surface area contributed by atoms with Gasteiger partial charge in [-0.05, 0) is 42.5 Å². The number of amides is 1. The summed E-state index contributed by atoms with van der Waals surface area (Å²) in [5.41, 5.74) is 6.45. The van der Waals surface area contributed by atoms with Crippen molar-refractivity contribution in [3.05, 3.63) is 60.2 Å². The van der Waals surface area contributed by atoms with Gasteiger partial charge in [0.05, 0.1) is 5.69 Å². The fourth-order valence-electron chi connectivity index (χ4n) is 2.49. The highest BCUT2D eigenvalue weighted by molar-refractivity contribution is 7.86. The van der Waals surface area contributed by atoms with Gasteiger partial charge in [0.2, 0.25) is 0 Å². The van der Waals surface area contributed by atoms with Crippen LogP contribution in [0, 0.1) is 0 Å². The van der Waals surface area contributed by atoms with Gasteiger partial charge in [-0.2, -0.15) is 8.42 Å². The van der Waals surface area contributed by atoms with Crippen molar-refractivity contribution in [2.75, 3.05) is 11.1 Å². The Hall–Kier alpha value is -3.10. The number of nitrogens with two attached hydrogens (primary N) is 1. The summed E-state index contributed by atoms with van der Waals surface area (Å²) in [5.74, 6) is -0.733. The van der Waals surface area contributed by atoms with E-state index in [1.165, 1.54) is 42.5 Å². The fraction of sp³-hybridized carbons (Fsp3) is 0. The zero-order chi connectivity index (χ0) is 18.2. The molecular formula is C17H14N2O5S. The number of fused-ring (bicyclic) bond motifs is 1. The van der Waals surface area contributed by atoms with E-state index < -0.39 is 16.0 Å². The average molecular weight is 358 g/mol. The first kappa shape index (κ1) is 16.7. The minimum Gasteiger partial charge on any atom is -0.506 e. The molecule has 0 fully saturated rings. The first-order chi connectivity index (χ1) is 11.8. The monoisotopic (exact) mass is 358 g/mol. The van der Waals surface area contributed by atoms with Gasteiger partial charge in [-0.25, -0.2) is 0 Å². The summed E-state index contributed by atoms with van der Waals surface area (Å²) in [4.78, 5) is 12.1. The number of phenolic OH excluding ortho intramolecular Hbond substituents is 1. The van der Waals surface area contributed by atoms with E-state index in [2.05, 4.69) is 5.32 Å². The molecule has 0 saturated heterocycles. The quantitative estimate of drug-likeness (QED) is 0.323. The van der Waals surface area contributed by atoms with Crippen LogP contribution in [-0.4, -0.2) is 24.0 Å². The van der Waals surface area contributed by atoms with Gasteiger partial charge in [0.25, 0.3) is 16.0 Å². The number of rotatable bonds is 3. The summed E-state index contributed by atoms with van der Waals surface area (Å²) in [7, 11) is -4.45. The van der Waals surface area contributed by atoms with Crippen LogP contribution < -0.4 is 11.1 Å². The van der Waals surface area contributed by atoms with Gasteiger partial charge in [-0.1, -0.05) is 12.1 Å². The lowest BCUT2D eigenvalue weighted by molar-refractivity contribution is 0.102. The van der Waals surface area contributed by atoms with Gasteiger partial charge in [0, 0.05) is 22.0 Å². The molecule has 0 aliphatic heterocycles. The second kappa shape index (κ2) is 6.08. The molecule has 3 aromatic rings. The van der Waals surface area contributed by atoms with Crippen LogP contribution in [0.3, 0.4) is 0 Å². The third-order valence-corrected chi connectivity index (χ3v) is 4.60. The summed E-state index contributed by atoms with van der Waals surface area (Å²) in [6.45, 7) is 0. The van der Waals surface area contributed by atoms with E-state index in [1.54, 1.807) is 12.1 Å². The lowest BCUT2D eigenvalue weighted by atomic mass is 10.1. The van der Waals surface area contributed by atoms with Crippen LogP contribution in [0.1, 0.15) is 10.4 Å². The highest BCUT2D eigenvalue weighted by Crippen LogP contribution is 2.35. The largest absolute Gasteiger partial charge is 0.506 e. The number of carbonyl (C=O) groups excluding carboxylic acids is 1. The molecule has 5 N–H and O–H groups in total. The average Bonchev–Trinajstić information content (AvgIpc) is 2.56. The Morgan fingerprint density at radius 2 is 1.64 bits per heavy atom. The predicted octanol–water partition coefficient (Wildman–Crippen LogP) is 2.63. The molecule has 0 saturated carbocycles. The molecule has 8 heteroatoms. The van der Waals surface area contributed by atoms with E-state index in [9.17, 15) is 22.9 Å². The number of hydrogen-bond donors (Lipinski definition) is 4. The number of benzene rings is 3. The zero-order valence-electron chi connectivity index (χ0n) is 12.8. The SMILES string of the molecule is Nc1ccc(C(=O)Nc2c(O)ccc3c(S(=O)(=O)O)cccc23)cc1. The molecule has 0 spiro atoms. The van der Waals surface area contributed by atoms with Crippen molar-refractivity contribution in [3.8, 4) is 5.75 Å².